The van der Waals surface area contributed by atoms with E-state index in [4.69, 9.17) is 4.42 Å². The van der Waals surface area contributed by atoms with E-state index in [1.807, 2.05) is 12.1 Å². The third-order valence-electron chi connectivity index (χ3n) is 5.30. The van der Waals surface area contributed by atoms with E-state index in [0.717, 1.165) is 45.7 Å². The average molecular weight is 344 g/mol. The third-order valence-corrected chi connectivity index (χ3v) is 5.30. The molecule has 4 aromatic rings. The fraction of sp³-hybridized carbons (Fsp3) is 0.238. The number of anilines is 3. The molecule has 26 heavy (non-hydrogen) atoms. The molecule has 0 saturated heterocycles. The van der Waals surface area contributed by atoms with E-state index in [-0.39, 0.29) is 6.17 Å². The number of aryl methyl sites for hydroxylation is 1. The van der Waals surface area contributed by atoms with E-state index in [1.54, 1.807) is 12.4 Å². The third kappa shape index (κ3) is 1.91. The molecule has 5 heteroatoms. The molecular formula is C21H20N4O. The van der Waals surface area contributed by atoms with Crippen molar-refractivity contribution in [3.63, 3.8) is 0 Å². The number of benzene rings is 2. The van der Waals surface area contributed by atoms with Crippen molar-refractivity contribution in [2.24, 2.45) is 0 Å². The van der Waals surface area contributed by atoms with Gasteiger partial charge in [0.15, 0.2) is 17.2 Å². The van der Waals surface area contributed by atoms with Crippen molar-refractivity contribution in [2.75, 3.05) is 16.8 Å². The number of nitrogens with zero attached hydrogens (tertiary/aromatic N) is 4. The highest BCUT2D eigenvalue weighted by Gasteiger charge is 2.38. The lowest BCUT2D eigenvalue weighted by Crippen LogP contribution is -2.38. The van der Waals surface area contributed by atoms with Crippen molar-refractivity contribution < 1.29 is 4.42 Å². The molecule has 3 heterocycles. The van der Waals surface area contributed by atoms with Crippen LogP contribution in [-0.2, 0) is 0 Å². The van der Waals surface area contributed by atoms with Crippen LogP contribution in [0.25, 0.3) is 21.9 Å². The molecule has 5 nitrogen and oxygen atoms in total. The lowest BCUT2D eigenvalue weighted by Gasteiger charge is -2.30. The van der Waals surface area contributed by atoms with Crippen LogP contribution < -0.4 is 9.80 Å². The van der Waals surface area contributed by atoms with Crippen molar-refractivity contribution in [3.05, 3.63) is 54.4 Å². The standard InChI is InChI=1S/C21H20N4O/c1-4-17-24(3)20-21(23-12-11-22-20)25(17)18-13(2)9-10-15-14-7-5-6-8-16(14)26-19(15)18/h5-12,17H,4H2,1-3H3. The van der Waals surface area contributed by atoms with E-state index < -0.39 is 0 Å². The molecule has 0 fully saturated rings. The number of fused-ring (bicyclic) bond motifs is 4. The Morgan fingerprint density at radius 1 is 1.00 bits per heavy atom. The van der Waals surface area contributed by atoms with Gasteiger partial charge in [-0.25, -0.2) is 9.97 Å². The maximum Gasteiger partial charge on any atom is 0.178 e. The Labute approximate surface area is 151 Å². The molecule has 2 aromatic carbocycles. The van der Waals surface area contributed by atoms with Crippen molar-refractivity contribution >= 4 is 39.3 Å². The molecule has 1 unspecified atom stereocenters. The number of aromatic nitrogens is 2. The van der Waals surface area contributed by atoms with Gasteiger partial charge in [-0.3, -0.25) is 4.90 Å². The van der Waals surface area contributed by atoms with Crippen molar-refractivity contribution in [1.29, 1.82) is 0 Å². The SMILES string of the molecule is CCC1N(C)c2nccnc2N1c1c(C)ccc2c1oc1ccccc12. The monoisotopic (exact) mass is 344 g/mol. The summed E-state index contributed by atoms with van der Waals surface area (Å²) in [6, 6.07) is 12.5. The second-order valence-electron chi connectivity index (χ2n) is 6.78. The van der Waals surface area contributed by atoms with Crippen LogP contribution in [0.4, 0.5) is 17.3 Å². The average Bonchev–Trinajstić information content (AvgIpc) is 3.17. The Hall–Kier alpha value is -3.08. The van der Waals surface area contributed by atoms with Gasteiger partial charge in [-0.05, 0) is 25.0 Å². The molecule has 5 rings (SSSR count). The molecule has 0 radical (unpaired) electrons. The van der Waals surface area contributed by atoms with E-state index in [1.165, 1.54) is 5.56 Å². The lowest BCUT2D eigenvalue weighted by atomic mass is 10.1. The zero-order chi connectivity index (χ0) is 17.8. The first-order valence-electron chi connectivity index (χ1n) is 8.94. The molecule has 1 aliphatic heterocycles. The lowest BCUT2D eigenvalue weighted by molar-refractivity contribution is 0.630. The molecule has 0 N–H and O–H groups in total. The molecular weight excluding hydrogens is 324 g/mol. The van der Waals surface area contributed by atoms with Crippen molar-refractivity contribution in [2.45, 2.75) is 26.4 Å². The van der Waals surface area contributed by atoms with Gasteiger partial charge in [-0.15, -0.1) is 0 Å². The number of furan rings is 1. The van der Waals surface area contributed by atoms with Gasteiger partial charge >= 0.3 is 0 Å². The second kappa shape index (κ2) is 5.46. The van der Waals surface area contributed by atoms with Crippen LogP contribution in [0.2, 0.25) is 0 Å². The molecule has 0 amide bonds. The van der Waals surface area contributed by atoms with Crippen molar-refractivity contribution in [3.8, 4) is 0 Å². The van der Waals surface area contributed by atoms with Crippen LogP contribution in [0.1, 0.15) is 18.9 Å². The van der Waals surface area contributed by atoms with Crippen molar-refractivity contribution in [1.82, 2.24) is 9.97 Å². The first-order valence-corrected chi connectivity index (χ1v) is 8.94. The smallest absolute Gasteiger partial charge is 0.178 e. The number of rotatable bonds is 2. The maximum atomic E-state index is 6.31. The van der Waals surface area contributed by atoms with Gasteiger partial charge in [0.2, 0.25) is 0 Å². The summed E-state index contributed by atoms with van der Waals surface area (Å²) in [6.45, 7) is 4.32. The quantitative estimate of drug-likeness (QED) is 0.511. The van der Waals surface area contributed by atoms with E-state index in [2.05, 4.69) is 64.9 Å². The van der Waals surface area contributed by atoms with Crippen LogP contribution >= 0.6 is 0 Å². The number of hydrogen-bond acceptors (Lipinski definition) is 5. The highest BCUT2D eigenvalue weighted by atomic mass is 16.3. The fourth-order valence-corrected chi connectivity index (χ4v) is 4.08. The van der Waals surface area contributed by atoms with Gasteiger partial charge in [0.25, 0.3) is 0 Å². The Bertz CT molecular complexity index is 1130. The Balaban J connectivity index is 1.85. The van der Waals surface area contributed by atoms with E-state index in [9.17, 15) is 0 Å². The summed E-state index contributed by atoms with van der Waals surface area (Å²) in [5.41, 5.74) is 4.07. The number of hydrogen-bond donors (Lipinski definition) is 0. The van der Waals surface area contributed by atoms with Gasteiger partial charge < -0.3 is 9.32 Å². The Morgan fingerprint density at radius 2 is 1.77 bits per heavy atom. The highest BCUT2D eigenvalue weighted by molar-refractivity contribution is 6.10. The summed E-state index contributed by atoms with van der Waals surface area (Å²) in [4.78, 5) is 13.7. The van der Waals surface area contributed by atoms with Crippen LogP contribution in [0.5, 0.6) is 0 Å². The van der Waals surface area contributed by atoms with Gasteiger partial charge in [0, 0.05) is 30.2 Å². The summed E-state index contributed by atoms with van der Waals surface area (Å²) in [7, 11) is 2.08. The zero-order valence-electron chi connectivity index (χ0n) is 15.1. The molecule has 0 bridgehead atoms. The number of para-hydroxylation sites is 1. The molecule has 1 atom stereocenters. The summed E-state index contributed by atoms with van der Waals surface area (Å²) in [5.74, 6) is 1.80. The van der Waals surface area contributed by atoms with Gasteiger partial charge in [0.05, 0.1) is 5.69 Å². The molecule has 1 aliphatic rings. The van der Waals surface area contributed by atoms with Gasteiger partial charge in [-0.1, -0.05) is 37.3 Å². The molecule has 130 valence electrons. The minimum absolute atomic E-state index is 0.157. The minimum Gasteiger partial charge on any atom is -0.454 e. The van der Waals surface area contributed by atoms with Gasteiger partial charge in [0.1, 0.15) is 11.7 Å². The van der Waals surface area contributed by atoms with Gasteiger partial charge in [-0.2, -0.15) is 0 Å². The Kier molecular flexibility index (Phi) is 3.19. The maximum absolute atomic E-state index is 6.31. The summed E-state index contributed by atoms with van der Waals surface area (Å²) in [5, 5.41) is 2.28. The van der Waals surface area contributed by atoms with E-state index in [0.29, 0.717) is 0 Å². The minimum atomic E-state index is 0.157. The summed E-state index contributed by atoms with van der Waals surface area (Å²) in [6.07, 6.45) is 4.61. The largest absolute Gasteiger partial charge is 0.454 e. The fourth-order valence-electron chi connectivity index (χ4n) is 4.08. The molecule has 0 aliphatic carbocycles. The molecule has 0 spiro atoms. The highest BCUT2D eigenvalue weighted by Crippen LogP contribution is 2.46. The predicted octanol–water partition coefficient (Wildman–Crippen LogP) is 5.01. The van der Waals surface area contributed by atoms with E-state index >= 15 is 0 Å². The first-order chi connectivity index (χ1) is 12.7. The summed E-state index contributed by atoms with van der Waals surface area (Å²) < 4.78 is 6.31. The summed E-state index contributed by atoms with van der Waals surface area (Å²) >= 11 is 0. The molecule has 0 saturated carbocycles. The second-order valence-corrected chi connectivity index (χ2v) is 6.78. The topological polar surface area (TPSA) is 45.4 Å². The van der Waals surface area contributed by atoms with Crippen LogP contribution in [0.15, 0.2) is 53.2 Å². The van der Waals surface area contributed by atoms with Crippen LogP contribution in [0, 0.1) is 6.92 Å². The zero-order valence-corrected chi connectivity index (χ0v) is 15.1. The predicted molar refractivity (Wildman–Crippen MR) is 105 cm³/mol. The first kappa shape index (κ1) is 15.2. The van der Waals surface area contributed by atoms with Crippen LogP contribution in [-0.4, -0.2) is 23.2 Å². The molecule has 2 aromatic heterocycles. The normalized spacial score (nSPS) is 16.7. The van der Waals surface area contributed by atoms with Crippen LogP contribution in [0.3, 0.4) is 0 Å². The Morgan fingerprint density at radius 3 is 2.58 bits per heavy atom.